The molecule has 0 bridgehead atoms. The number of halogens is 2. The molecule has 0 radical (unpaired) electrons. The van der Waals surface area contributed by atoms with Gasteiger partial charge >= 0.3 is 0 Å². The Balaban J connectivity index is 2.05. The molecule has 0 heterocycles. The van der Waals surface area contributed by atoms with E-state index < -0.39 is 28.5 Å². The quantitative estimate of drug-likeness (QED) is 0.252. The second-order valence-corrected chi connectivity index (χ2v) is 12.4. The molecule has 0 aromatic heterocycles. The van der Waals surface area contributed by atoms with Crippen LogP contribution in [0.2, 0.25) is 10.0 Å². The molecule has 40 heavy (non-hydrogen) atoms. The van der Waals surface area contributed by atoms with Crippen molar-refractivity contribution in [3.63, 3.8) is 0 Å². The van der Waals surface area contributed by atoms with Gasteiger partial charge in [-0.3, -0.25) is 13.9 Å². The lowest BCUT2D eigenvalue weighted by Gasteiger charge is -2.32. The summed E-state index contributed by atoms with van der Waals surface area (Å²) >= 11 is 12.7. The van der Waals surface area contributed by atoms with Gasteiger partial charge in [0.25, 0.3) is 10.0 Å². The number of amides is 2. The summed E-state index contributed by atoms with van der Waals surface area (Å²) in [7, 11) is -4.18. The summed E-state index contributed by atoms with van der Waals surface area (Å²) in [6.45, 7) is 7.20. The molecule has 0 aliphatic carbocycles. The molecule has 3 aromatic carbocycles. The van der Waals surface area contributed by atoms with Crippen LogP contribution in [0.5, 0.6) is 0 Å². The maximum Gasteiger partial charge on any atom is 0.264 e. The molecule has 0 spiro atoms. The van der Waals surface area contributed by atoms with E-state index in [0.717, 1.165) is 22.7 Å². The third-order valence-corrected chi connectivity index (χ3v) is 9.00. The number of nitrogens with one attached hydrogen (secondary N) is 1. The van der Waals surface area contributed by atoms with Gasteiger partial charge in [-0.1, -0.05) is 78.5 Å². The molecule has 0 saturated carbocycles. The first-order valence-electron chi connectivity index (χ1n) is 13.1. The summed E-state index contributed by atoms with van der Waals surface area (Å²) in [6.07, 6.45) is 1.70. The smallest absolute Gasteiger partial charge is 0.264 e. The number of sulfonamides is 1. The zero-order valence-corrected chi connectivity index (χ0v) is 25.5. The molecule has 1 N–H and O–H groups in total. The van der Waals surface area contributed by atoms with E-state index >= 15 is 0 Å². The maximum atomic E-state index is 14.0. The predicted molar refractivity (Wildman–Crippen MR) is 161 cm³/mol. The van der Waals surface area contributed by atoms with Crippen LogP contribution in [0.1, 0.15) is 43.4 Å². The zero-order chi connectivity index (χ0) is 29.4. The van der Waals surface area contributed by atoms with Gasteiger partial charge in [0.1, 0.15) is 12.6 Å². The van der Waals surface area contributed by atoms with Gasteiger partial charge in [0, 0.05) is 23.1 Å². The van der Waals surface area contributed by atoms with Crippen molar-refractivity contribution in [2.45, 2.75) is 58.0 Å². The number of hydrogen-bond acceptors (Lipinski definition) is 4. The number of unbranched alkanes of at least 4 members (excludes halogenated alkanes) is 1. The van der Waals surface area contributed by atoms with Crippen molar-refractivity contribution in [1.29, 1.82) is 0 Å². The van der Waals surface area contributed by atoms with Crippen LogP contribution < -0.4 is 9.62 Å². The molecule has 3 aromatic rings. The Morgan fingerprint density at radius 2 is 1.65 bits per heavy atom. The first-order chi connectivity index (χ1) is 18.9. The molecule has 0 unspecified atom stereocenters. The van der Waals surface area contributed by atoms with Crippen LogP contribution in [0.3, 0.4) is 0 Å². The molecule has 0 aliphatic heterocycles. The number of carbonyl (C=O) groups is 2. The van der Waals surface area contributed by atoms with Crippen LogP contribution in [-0.2, 0) is 26.2 Å². The van der Waals surface area contributed by atoms with Crippen LogP contribution >= 0.6 is 23.2 Å². The third-order valence-electron chi connectivity index (χ3n) is 6.62. The van der Waals surface area contributed by atoms with Crippen molar-refractivity contribution in [3.8, 4) is 0 Å². The third kappa shape index (κ3) is 7.77. The number of benzene rings is 3. The first kappa shape index (κ1) is 31.5. The summed E-state index contributed by atoms with van der Waals surface area (Å²) in [5, 5.41) is 3.63. The lowest BCUT2D eigenvalue weighted by Crippen LogP contribution is -2.51. The van der Waals surface area contributed by atoms with Gasteiger partial charge in [0.05, 0.1) is 10.6 Å². The number of carbonyl (C=O) groups excluding carboxylic acids is 2. The molecule has 3 rings (SSSR count). The van der Waals surface area contributed by atoms with Crippen molar-refractivity contribution in [1.82, 2.24) is 10.2 Å². The molecule has 10 heteroatoms. The summed E-state index contributed by atoms with van der Waals surface area (Å²) in [5.74, 6) is -0.895. The minimum atomic E-state index is -4.18. The largest absolute Gasteiger partial charge is 0.354 e. The lowest BCUT2D eigenvalue weighted by atomic mass is 10.1. The van der Waals surface area contributed by atoms with E-state index in [0.29, 0.717) is 27.7 Å². The molecular formula is C30H35Cl2N3O4S. The molecule has 214 valence electrons. The van der Waals surface area contributed by atoms with Crippen LogP contribution in [0.4, 0.5) is 5.69 Å². The molecule has 0 fully saturated rings. The molecular weight excluding hydrogens is 569 g/mol. The summed E-state index contributed by atoms with van der Waals surface area (Å²) in [6, 6.07) is 17.4. The van der Waals surface area contributed by atoms with Gasteiger partial charge in [-0.15, -0.1) is 0 Å². The van der Waals surface area contributed by atoms with E-state index in [-0.39, 0.29) is 23.0 Å². The highest BCUT2D eigenvalue weighted by atomic mass is 35.5. The normalized spacial score (nSPS) is 12.1. The number of aryl methyl sites for hydroxylation is 2. The topological polar surface area (TPSA) is 86.8 Å². The van der Waals surface area contributed by atoms with E-state index in [1.165, 1.54) is 23.1 Å². The van der Waals surface area contributed by atoms with Gasteiger partial charge in [-0.25, -0.2) is 8.42 Å². The Labute approximate surface area is 247 Å². The van der Waals surface area contributed by atoms with Crippen molar-refractivity contribution in [2.75, 3.05) is 17.4 Å². The fourth-order valence-electron chi connectivity index (χ4n) is 4.13. The van der Waals surface area contributed by atoms with E-state index in [1.807, 2.05) is 13.8 Å². The molecule has 0 saturated heterocycles. The number of nitrogens with zero attached hydrogens (tertiary/aromatic N) is 2. The highest BCUT2D eigenvalue weighted by Gasteiger charge is 2.33. The minimum absolute atomic E-state index is 0.0216. The fourth-order valence-corrected chi connectivity index (χ4v) is 5.96. The summed E-state index contributed by atoms with van der Waals surface area (Å²) in [4.78, 5) is 28.5. The van der Waals surface area contributed by atoms with E-state index in [1.54, 1.807) is 62.4 Å². The van der Waals surface area contributed by atoms with Gasteiger partial charge < -0.3 is 10.2 Å². The average Bonchev–Trinajstić information content (AvgIpc) is 2.92. The SMILES string of the molecule is CCCCNC(=O)[C@@H](C)N(Cc1ccccc1Cl)C(=O)CN(c1cc(Cl)ccc1C)S(=O)(=O)c1ccc(C)cc1. The average molecular weight is 605 g/mol. The van der Waals surface area contributed by atoms with Crippen molar-refractivity contribution in [3.05, 3.63) is 93.5 Å². The summed E-state index contributed by atoms with van der Waals surface area (Å²) in [5.41, 5.74) is 2.43. The van der Waals surface area contributed by atoms with Crippen LogP contribution in [0, 0.1) is 13.8 Å². The van der Waals surface area contributed by atoms with Crippen LogP contribution in [0.15, 0.2) is 71.6 Å². The molecule has 7 nitrogen and oxygen atoms in total. The Kier molecular flexibility index (Phi) is 11.0. The minimum Gasteiger partial charge on any atom is -0.354 e. The standard InChI is InChI=1S/C30H35Cl2N3O4S/c1-5-6-17-33-30(37)23(4)34(19-24-9-7-8-10-27(24)32)29(36)20-35(28-18-25(31)14-13-22(28)3)40(38,39)26-15-11-21(2)12-16-26/h7-16,18,23H,5-6,17,19-20H2,1-4H3,(H,33,37)/t23-/m1/s1. The Bertz CT molecular complexity index is 1450. The Morgan fingerprint density at radius 1 is 0.975 bits per heavy atom. The van der Waals surface area contributed by atoms with Gasteiger partial charge in [-0.2, -0.15) is 0 Å². The van der Waals surface area contributed by atoms with Crippen molar-refractivity contribution < 1.29 is 18.0 Å². The Hall–Kier alpha value is -3.07. The van der Waals surface area contributed by atoms with Gasteiger partial charge in [-0.05, 0) is 68.7 Å². The van der Waals surface area contributed by atoms with E-state index in [2.05, 4.69) is 5.32 Å². The molecule has 1 atom stereocenters. The van der Waals surface area contributed by atoms with Gasteiger partial charge in [0.2, 0.25) is 11.8 Å². The van der Waals surface area contributed by atoms with Crippen LogP contribution in [0.25, 0.3) is 0 Å². The predicted octanol–water partition coefficient (Wildman–Crippen LogP) is 6.14. The summed E-state index contributed by atoms with van der Waals surface area (Å²) < 4.78 is 29.0. The van der Waals surface area contributed by atoms with Crippen molar-refractivity contribution >= 4 is 50.7 Å². The fraction of sp³-hybridized carbons (Fsp3) is 0.333. The van der Waals surface area contributed by atoms with Gasteiger partial charge in [0.15, 0.2) is 0 Å². The van der Waals surface area contributed by atoms with Crippen LogP contribution in [-0.4, -0.2) is 44.3 Å². The second-order valence-electron chi connectivity index (χ2n) is 9.69. The first-order valence-corrected chi connectivity index (χ1v) is 15.3. The highest BCUT2D eigenvalue weighted by molar-refractivity contribution is 7.92. The monoisotopic (exact) mass is 603 g/mol. The van der Waals surface area contributed by atoms with E-state index in [4.69, 9.17) is 23.2 Å². The molecule has 2 amide bonds. The second kappa shape index (κ2) is 14.0. The lowest BCUT2D eigenvalue weighted by molar-refractivity contribution is -0.139. The number of anilines is 1. The highest BCUT2D eigenvalue weighted by Crippen LogP contribution is 2.30. The Morgan fingerprint density at radius 3 is 2.30 bits per heavy atom. The van der Waals surface area contributed by atoms with Crippen molar-refractivity contribution in [2.24, 2.45) is 0 Å². The maximum absolute atomic E-state index is 14.0. The molecule has 0 aliphatic rings. The zero-order valence-electron chi connectivity index (χ0n) is 23.2. The van der Waals surface area contributed by atoms with E-state index in [9.17, 15) is 18.0 Å². The number of hydrogen-bond donors (Lipinski definition) is 1. The number of rotatable bonds is 12.